The van der Waals surface area contributed by atoms with E-state index in [-0.39, 0.29) is 18.9 Å². The maximum atomic E-state index is 12.2. The molecule has 1 unspecified atom stereocenters. The standard InChI is InChI=1S/C16H21N2O3P/c19-16(11-17-10-15-8-4-5-9-18-15)13-22(20,21)12-14-6-2-1-3-7-14/h1-9,16-17,19H,10-13H2,(H,20,21)/t16-/m1/s1. The molecule has 1 heterocycles. The van der Waals surface area contributed by atoms with E-state index in [1.807, 2.05) is 48.5 Å². The van der Waals surface area contributed by atoms with Crippen LogP contribution in [0.4, 0.5) is 0 Å². The molecular formula is C16H21N2O3P. The number of nitrogens with zero attached hydrogens (tertiary/aromatic N) is 1. The second-order valence-electron chi connectivity index (χ2n) is 5.28. The Morgan fingerprint density at radius 2 is 1.86 bits per heavy atom. The van der Waals surface area contributed by atoms with Crippen LogP contribution in [0.1, 0.15) is 11.3 Å². The van der Waals surface area contributed by atoms with Gasteiger partial charge >= 0.3 is 0 Å². The third kappa shape index (κ3) is 6.08. The zero-order chi connectivity index (χ0) is 15.8. The van der Waals surface area contributed by atoms with Gasteiger partial charge in [-0.25, -0.2) is 0 Å². The Morgan fingerprint density at radius 3 is 2.55 bits per heavy atom. The van der Waals surface area contributed by atoms with E-state index >= 15 is 0 Å². The fourth-order valence-electron chi connectivity index (χ4n) is 2.20. The molecule has 22 heavy (non-hydrogen) atoms. The summed E-state index contributed by atoms with van der Waals surface area (Å²) in [6.45, 7) is 0.780. The molecule has 0 aliphatic carbocycles. The highest BCUT2D eigenvalue weighted by atomic mass is 31.2. The van der Waals surface area contributed by atoms with E-state index in [4.69, 9.17) is 0 Å². The number of aromatic nitrogens is 1. The molecule has 2 rings (SSSR count). The summed E-state index contributed by atoms with van der Waals surface area (Å²) in [6, 6.07) is 14.8. The first kappa shape index (κ1) is 16.8. The molecule has 1 aromatic heterocycles. The third-order valence-corrected chi connectivity index (χ3v) is 5.03. The van der Waals surface area contributed by atoms with Gasteiger partial charge in [-0.05, 0) is 17.7 Å². The van der Waals surface area contributed by atoms with Gasteiger partial charge in [-0.3, -0.25) is 9.55 Å². The highest BCUT2D eigenvalue weighted by Crippen LogP contribution is 2.44. The summed E-state index contributed by atoms with van der Waals surface area (Å²) in [5.41, 5.74) is 1.67. The molecule has 6 heteroatoms. The Labute approximate surface area is 130 Å². The number of hydrogen-bond acceptors (Lipinski definition) is 4. The van der Waals surface area contributed by atoms with Crippen molar-refractivity contribution in [3.63, 3.8) is 0 Å². The predicted molar refractivity (Wildman–Crippen MR) is 86.8 cm³/mol. The van der Waals surface area contributed by atoms with Gasteiger partial charge in [0.15, 0.2) is 0 Å². The number of benzene rings is 1. The second-order valence-corrected chi connectivity index (χ2v) is 7.65. The first-order valence-electron chi connectivity index (χ1n) is 7.19. The fourth-order valence-corrected chi connectivity index (χ4v) is 3.89. The van der Waals surface area contributed by atoms with Gasteiger partial charge in [0.05, 0.1) is 18.0 Å². The number of hydrogen-bond donors (Lipinski definition) is 3. The molecule has 0 saturated heterocycles. The minimum atomic E-state index is -3.39. The summed E-state index contributed by atoms with van der Waals surface area (Å²) in [7, 11) is -3.39. The summed E-state index contributed by atoms with van der Waals surface area (Å²) >= 11 is 0. The van der Waals surface area contributed by atoms with Gasteiger partial charge in [-0.2, -0.15) is 0 Å². The Morgan fingerprint density at radius 1 is 1.14 bits per heavy atom. The van der Waals surface area contributed by atoms with Crippen LogP contribution in [0, 0.1) is 0 Å². The normalized spacial score (nSPS) is 15.2. The van der Waals surface area contributed by atoms with E-state index < -0.39 is 13.5 Å². The highest BCUT2D eigenvalue weighted by Gasteiger charge is 2.23. The summed E-state index contributed by atoms with van der Waals surface area (Å²) in [5.74, 6) is 0. The van der Waals surface area contributed by atoms with Gasteiger partial charge < -0.3 is 15.3 Å². The van der Waals surface area contributed by atoms with Gasteiger partial charge in [0.25, 0.3) is 0 Å². The largest absolute Gasteiger partial charge is 0.391 e. The van der Waals surface area contributed by atoms with Crippen LogP contribution in [-0.4, -0.2) is 33.8 Å². The number of aliphatic hydroxyl groups is 1. The van der Waals surface area contributed by atoms with Gasteiger partial charge in [-0.1, -0.05) is 36.4 Å². The minimum absolute atomic E-state index is 0.0884. The zero-order valence-electron chi connectivity index (χ0n) is 12.3. The molecule has 1 aromatic carbocycles. The predicted octanol–water partition coefficient (Wildman–Crippen LogP) is 2.00. The maximum Gasteiger partial charge on any atom is 0.207 e. The van der Waals surface area contributed by atoms with Crippen molar-refractivity contribution in [3.8, 4) is 0 Å². The first-order valence-corrected chi connectivity index (χ1v) is 9.22. The van der Waals surface area contributed by atoms with Crippen molar-refractivity contribution in [2.75, 3.05) is 12.7 Å². The van der Waals surface area contributed by atoms with Crippen molar-refractivity contribution in [1.29, 1.82) is 0 Å². The van der Waals surface area contributed by atoms with Crippen molar-refractivity contribution < 1.29 is 14.6 Å². The van der Waals surface area contributed by atoms with E-state index in [0.717, 1.165) is 11.3 Å². The minimum Gasteiger partial charge on any atom is -0.391 e. The van der Waals surface area contributed by atoms with Crippen LogP contribution in [0.2, 0.25) is 0 Å². The summed E-state index contributed by atoms with van der Waals surface area (Å²) in [5, 5.41) is 13.0. The van der Waals surface area contributed by atoms with E-state index in [2.05, 4.69) is 10.3 Å². The first-order chi connectivity index (χ1) is 10.6. The summed E-state index contributed by atoms with van der Waals surface area (Å²) in [6.07, 6.45) is 0.820. The number of aliphatic hydroxyl groups excluding tert-OH is 1. The highest BCUT2D eigenvalue weighted by molar-refractivity contribution is 7.57. The molecule has 2 atom stereocenters. The van der Waals surface area contributed by atoms with E-state index in [1.165, 1.54) is 0 Å². The van der Waals surface area contributed by atoms with Gasteiger partial charge in [0.2, 0.25) is 7.37 Å². The average molecular weight is 320 g/mol. The van der Waals surface area contributed by atoms with Crippen LogP contribution in [0.5, 0.6) is 0 Å². The van der Waals surface area contributed by atoms with Gasteiger partial charge in [-0.15, -0.1) is 0 Å². The number of nitrogens with one attached hydrogen (secondary N) is 1. The Bertz CT molecular complexity index is 607. The Kier molecular flexibility index (Phi) is 6.28. The number of pyridine rings is 1. The molecule has 0 bridgehead atoms. The van der Waals surface area contributed by atoms with Crippen molar-refractivity contribution >= 4 is 7.37 Å². The van der Waals surface area contributed by atoms with Crippen molar-refractivity contribution in [3.05, 3.63) is 66.0 Å². The molecule has 5 nitrogen and oxygen atoms in total. The van der Waals surface area contributed by atoms with Crippen LogP contribution in [0.25, 0.3) is 0 Å². The van der Waals surface area contributed by atoms with E-state index in [0.29, 0.717) is 6.54 Å². The third-order valence-electron chi connectivity index (χ3n) is 3.18. The van der Waals surface area contributed by atoms with Crippen molar-refractivity contribution in [1.82, 2.24) is 10.3 Å². The lowest BCUT2D eigenvalue weighted by molar-refractivity contribution is 0.190. The molecule has 0 amide bonds. The van der Waals surface area contributed by atoms with Crippen LogP contribution < -0.4 is 5.32 Å². The lowest BCUT2D eigenvalue weighted by atomic mass is 10.2. The zero-order valence-corrected chi connectivity index (χ0v) is 13.2. The molecule has 2 aromatic rings. The molecule has 0 aliphatic heterocycles. The molecular weight excluding hydrogens is 299 g/mol. The topological polar surface area (TPSA) is 82.5 Å². The molecule has 0 spiro atoms. The monoisotopic (exact) mass is 320 g/mol. The smallest absolute Gasteiger partial charge is 0.207 e. The summed E-state index contributed by atoms with van der Waals surface area (Å²) < 4.78 is 12.2. The molecule has 0 saturated carbocycles. The van der Waals surface area contributed by atoms with Crippen LogP contribution >= 0.6 is 7.37 Å². The molecule has 3 N–H and O–H groups in total. The lowest BCUT2D eigenvalue weighted by Crippen LogP contribution is -2.29. The van der Waals surface area contributed by atoms with Crippen LogP contribution in [0.3, 0.4) is 0 Å². The van der Waals surface area contributed by atoms with E-state index in [9.17, 15) is 14.6 Å². The van der Waals surface area contributed by atoms with E-state index in [1.54, 1.807) is 6.20 Å². The van der Waals surface area contributed by atoms with Crippen molar-refractivity contribution in [2.45, 2.75) is 18.8 Å². The van der Waals surface area contributed by atoms with Crippen LogP contribution in [0.15, 0.2) is 54.7 Å². The maximum absolute atomic E-state index is 12.2. The van der Waals surface area contributed by atoms with Gasteiger partial charge in [0.1, 0.15) is 0 Å². The van der Waals surface area contributed by atoms with Crippen molar-refractivity contribution in [2.24, 2.45) is 0 Å². The Hall–Kier alpha value is -1.52. The molecule has 0 aliphatic rings. The molecule has 0 fully saturated rings. The Balaban J connectivity index is 1.76. The quantitative estimate of drug-likeness (QED) is 0.648. The molecule has 0 radical (unpaired) electrons. The van der Waals surface area contributed by atoms with Gasteiger partial charge in [0, 0.05) is 25.4 Å². The van der Waals surface area contributed by atoms with Crippen LogP contribution in [-0.2, 0) is 17.3 Å². The fraction of sp³-hybridized carbons (Fsp3) is 0.312. The molecule has 118 valence electrons. The average Bonchev–Trinajstić information content (AvgIpc) is 2.48. The lowest BCUT2D eigenvalue weighted by Gasteiger charge is -2.16. The second kappa shape index (κ2) is 8.20. The SMILES string of the molecule is O=P(O)(Cc1ccccc1)C[C@H](O)CNCc1ccccn1. The summed E-state index contributed by atoms with van der Waals surface area (Å²) in [4.78, 5) is 14.2. The number of rotatable bonds is 8.